The summed E-state index contributed by atoms with van der Waals surface area (Å²) in [5.41, 5.74) is 12.9. The fraction of sp³-hybridized carbons (Fsp3) is 0.308. The van der Waals surface area contributed by atoms with Crippen LogP contribution >= 0.6 is 0 Å². The van der Waals surface area contributed by atoms with Crippen molar-refractivity contribution in [3.8, 4) is 11.3 Å². The van der Waals surface area contributed by atoms with Crippen molar-refractivity contribution in [1.29, 1.82) is 0 Å². The van der Waals surface area contributed by atoms with Crippen LogP contribution in [0.5, 0.6) is 0 Å². The van der Waals surface area contributed by atoms with Gasteiger partial charge in [0.25, 0.3) is 0 Å². The van der Waals surface area contributed by atoms with Crippen LogP contribution < -0.4 is 16.0 Å². The average Bonchev–Trinajstić information content (AvgIpc) is 3.17. The normalized spacial score (nSPS) is 16.4. The predicted molar refractivity (Wildman–Crippen MR) is 134 cm³/mol. The van der Waals surface area contributed by atoms with Gasteiger partial charge in [0.15, 0.2) is 0 Å². The molecule has 1 amide bonds. The van der Waals surface area contributed by atoms with E-state index in [1.165, 1.54) is 5.56 Å². The molecule has 8 heteroatoms. The number of anilines is 3. The number of pyridine rings is 1. The summed E-state index contributed by atoms with van der Waals surface area (Å²) in [6.07, 6.45) is 5.39. The van der Waals surface area contributed by atoms with Gasteiger partial charge >= 0.3 is 0 Å². The van der Waals surface area contributed by atoms with Gasteiger partial charge in [-0.3, -0.25) is 4.79 Å². The molecule has 1 aromatic carbocycles. The van der Waals surface area contributed by atoms with Gasteiger partial charge in [0.05, 0.1) is 22.9 Å². The Balaban J connectivity index is 1.38. The van der Waals surface area contributed by atoms with Gasteiger partial charge in [-0.2, -0.15) is 5.10 Å². The second-order valence-electron chi connectivity index (χ2n) is 9.07. The van der Waals surface area contributed by atoms with E-state index in [1.54, 1.807) is 11.1 Å². The summed E-state index contributed by atoms with van der Waals surface area (Å²) in [5.74, 6) is 0.873. The highest BCUT2D eigenvalue weighted by atomic mass is 16.2. The molecule has 0 radical (unpaired) electrons. The molecule has 34 heavy (non-hydrogen) atoms. The molecule has 0 bridgehead atoms. The maximum absolute atomic E-state index is 12.4. The quantitative estimate of drug-likeness (QED) is 0.462. The van der Waals surface area contributed by atoms with E-state index >= 15 is 0 Å². The molecular formula is C26H29N7O. The highest BCUT2D eigenvalue weighted by Gasteiger charge is 2.26. The third-order valence-corrected chi connectivity index (χ3v) is 6.30. The van der Waals surface area contributed by atoms with Gasteiger partial charge in [0.2, 0.25) is 11.9 Å². The number of nitrogens with two attached hydrogens (primary N) is 1. The van der Waals surface area contributed by atoms with Crippen LogP contribution in [-0.2, 0) is 4.79 Å². The molecule has 1 saturated heterocycles. The molecule has 3 N–H and O–H groups in total. The smallest absolute Gasteiger partial charge is 0.243 e. The molecule has 0 spiro atoms. The summed E-state index contributed by atoms with van der Waals surface area (Å²) in [5, 5.41) is 7.90. The number of nitrogens with one attached hydrogen (secondary N) is 1. The van der Waals surface area contributed by atoms with Gasteiger partial charge in [0.1, 0.15) is 0 Å². The molecule has 4 heterocycles. The number of aryl methyl sites for hydroxylation is 1. The molecule has 1 aliphatic heterocycles. The molecule has 3 aromatic heterocycles. The summed E-state index contributed by atoms with van der Waals surface area (Å²) < 4.78 is 1.93. The van der Waals surface area contributed by atoms with Crippen LogP contribution in [0.25, 0.3) is 16.8 Å². The number of carbonyl (C=O) groups is 1. The van der Waals surface area contributed by atoms with E-state index in [4.69, 9.17) is 10.7 Å². The average molecular weight is 456 g/mol. The van der Waals surface area contributed by atoms with Gasteiger partial charge in [-0.05, 0) is 68.1 Å². The largest absolute Gasteiger partial charge is 0.324 e. The summed E-state index contributed by atoms with van der Waals surface area (Å²) in [6.45, 7) is 7.12. The number of fused-ring (bicyclic) bond motifs is 1. The SMILES string of the molecule is Cc1nn2ccc(-c3ccnc(Nc4ccc(N5CCCC(N)C5=O)cc4)n3)cc2c1C(C)C. The monoisotopic (exact) mass is 455 g/mol. The van der Waals surface area contributed by atoms with Gasteiger partial charge in [-0.1, -0.05) is 13.8 Å². The maximum atomic E-state index is 12.4. The molecule has 8 nitrogen and oxygen atoms in total. The standard InChI is InChI=1S/C26H29N7O/c1-16(2)24-17(3)31-33-14-11-18(15-23(24)33)22-10-12-28-26(30-22)29-19-6-8-20(9-7-19)32-13-4-5-21(27)25(32)34/h6-12,14-16,21H,4-5,13,27H2,1-3H3,(H,28,29,30). The molecule has 1 aliphatic rings. The van der Waals surface area contributed by atoms with Gasteiger partial charge in [-0.25, -0.2) is 14.5 Å². The molecule has 0 aliphatic carbocycles. The minimum Gasteiger partial charge on any atom is -0.324 e. The lowest BCUT2D eigenvalue weighted by Gasteiger charge is -2.30. The predicted octanol–water partition coefficient (Wildman–Crippen LogP) is 4.42. The number of benzene rings is 1. The highest BCUT2D eigenvalue weighted by Crippen LogP contribution is 2.28. The fourth-order valence-corrected chi connectivity index (χ4v) is 4.65. The lowest BCUT2D eigenvalue weighted by Crippen LogP contribution is -2.48. The molecular weight excluding hydrogens is 426 g/mol. The van der Waals surface area contributed by atoms with Crippen LogP contribution in [0.4, 0.5) is 17.3 Å². The number of hydrogen-bond donors (Lipinski definition) is 2. The topological polar surface area (TPSA) is 101 Å². The number of piperidine rings is 1. The van der Waals surface area contributed by atoms with E-state index < -0.39 is 6.04 Å². The Labute approximate surface area is 198 Å². The van der Waals surface area contributed by atoms with E-state index in [-0.39, 0.29) is 5.91 Å². The van der Waals surface area contributed by atoms with Crippen molar-refractivity contribution in [3.05, 3.63) is 66.1 Å². The molecule has 0 saturated carbocycles. The third kappa shape index (κ3) is 4.12. The second kappa shape index (κ2) is 8.87. The summed E-state index contributed by atoms with van der Waals surface area (Å²) in [4.78, 5) is 23.2. The maximum Gasteiger partial charge on any atom is 0.243 e. The molecule has 4 aromatic rings. The second-order valence-corrected chi connectivity index (χ2v) is 9.07. The van der Waals surface area contributed by atoms with E-state index in [9.17, 15) is 4.79 Å². The molecule has 1 atom stereocenters. The molecule has 174 valence electrons. The van der Waals surface area contributed by atoms with Crippen LogP contribution in [0.3, 0.4) is 0 Å². The van der Waals surface area contributed by atoms with E-state index in [0.717, 1.165) is 46.7 Å². The molecule has 1 unspecified atom stereocenters. The molecule has 5 rings (SSSR count). The zero-order chi connectivity index (χ0) is 23.8. The van der Waals surface area contributed by atoms with Crippen LogP contribution in [0.1, 0.15) is 43.9 Å². The lowest BCUT2D eigenvalue weighted by atomic mass is 10.0. The zero-order valence-corrected chi connectivity index (χ0v) is 19.7. The number of aromatic nitrogens is 4. The van der Waals surface area contributed by atoms with Crippen LogP contribution in [0.15, 0.2) is 54.9 Å². The van der Waals surface area contributed by atoms with Crippen molar-refractivity contribution >= 4 is 28.7 Å². The third-order valence-electron chi connectivity index (χ3n) is 6.30. The Morgan fingerprint density at radius 3 is 2.71 bits per heavy atom. The number of amides is 1. The Hall–Kier alpha value is -3.78. The van der Waals surface area contributed by atoms with Crippen molar-refractivity contribution in [3.63, 3.8) is 0 Å². The first-order valence-electron chi connectivity index (χ1n) is 11.7. The van der Waals surface area contributed by atoms with Crippen molar-refractivity contribution in [2.45, 2.75) is 45.6 Å². The summed E-state index contributed by atoms with van der Waals surface area (Å²) >= 11 is 0. The number of nitrogens with zero attached hydrogens (tertiary/aromatic N) is 5. The molecule has 1 fully saturated rings. The Morgan fingerprint density at radius 2 is 1.94 bits per heavy atom. The fourth-order valence-electron chi connectivity index (χ4n) is 4.65. The first kappa shape index (κ1) is 22.0. The van der Waals surface area contributed by atoms with Gasteiger partial charge in [-0.15, -0.1) is 0 Å². The van der Waals surface area contributed by atoms with Crippen molar-refractivity contribution in [2.75, 3.05) is 16.8 Å². The van der Waals surface area contributed by atoms with Crippen molar-refractivity contribution in [2.24, 2.45) is 5.73 Å². The Bertz CT molecular complexity index is 1340. The van der Waals surface area contributed by atoms with Crippen LogP contribution in [0.2, 0.25) is 0 Å². The Kier molecular flexibility index (Phi) is 5.75. The lowest BCUT2D eigenvalue weighted by molar-refractivity contribution is -0.120. The number of rotatable bonds is 5. The van der Waals surface area contributed by atoms with E-state index in [1.807, 2.05) is 47.1 Å². The van der Waals surface area contributed by atoms with E-state index in [2.05, 4.69) is 42.2 Å². The summed E-state index contributed by atoms with van der Waals surface area (Å²) in [6, 6.07) is 13.3. The highest BCUT2D eigenvalue weighted by molar-refractivity contribution is 5.97. The zero-order valence-electron chi connectivity index (χ0n) is 19.7. The van der Waals surface area contributed by atoms with Crippen molar-refractivity contribution < 1.29 is 4.79 Å². The number of hydrogen-bond acceptors (Lipinski definition) is 6. The van der Waals surface area contributed by atoms with Gasteiger partial charge < -0.3 is 16.0 Å². The van der Waals surface area contributed by atoms with E-state index in [0.29, 0.717) is 18.4 Å². The Morgan fingerprint density at radius 1 is 1.15 bits per heavy atom. The number of carbonyl (C=O) groups excluding carboxylic acids is 1. The van der Waals surface area contributed by atoms with Gasteiger partial charge in [0, 0.05) is 41.4 Å². The van der Waals surface area contributed by atoms with Crippen molar-refractivity contribution in [1.82, 2.24) is 19.6 Å². The van der Waals surface area contributed by atoms with Crippen LogP contribution in [0, 0.1) is 6.92 Å². The minimum atomic E-state index is -0.412. The van der Waals surface area contributed by atoms with Crippen LogP contribution in [-0.4, -0.2) is 38.1 Å². The summed E-state index contributed by atoms with van der Waals surface area (Å²) in [7, 11) is 0. The first-order valence-corrected chi connectivity index (χ1v) is 11.7. The minimum absolute atomic E-state index is 0.0195. The first-order chi connectivity index (χ1) is 16.4.